The number of para-hydroxylation sites is 1. The van der Waals surface area contributed by atoms with Crippen molar-refractivity contribution in [1.82, 2.24) is 4.98 Å². The van der Waals surface area contributed by atoms with Crippen LogP contribution in [0, 0.1) is 0 Å². The Labute approximate surface area is 123 Å². The van der Waals surface area contributed by atoms with E-state index in [9.17, 15) is 4.79 Å². The number of pyridine rings is 1. The molecule has 21 heavy (non-hydrogen) atoms. The first-order valence-electron chi connectivity index (χ1n) is 7.25. The SMILES string of the molecule is NC(=O)c1cnc2ccccc2c1OC1CCCC(N)C1. The summed E-state index contributed by atoms with van der Waals surface area (Å²) in [6, 6.07) is 7.74. The molecule has 3 rings (SSSR count). The molecule has 0 bridgehead atoms. The summed E-state index contributed by atoms with van der Waals surface area (Å²) < 4.78 is 6.11. The molecule has 5 heteroatoms. The number of ether oxygens (including phenoxy) is 1. The summed E-state index contributed by atoms with van der Waals surface area (Å²) in [7, 11) is 0. The lowest BCUT2D eigenvalue weighted by Gasteiger charge is -2.28. The summed E-state index contributed by atoms with van der Waals surface area (Å²) in [6.45, 7) is 0. The van der Waals surface area contributed by atoms with Crippen molar-refractivity contribution in [2.45, 2.75) is 37.8 Å². The monoisotopic (exact) mass is 285 g/mol. The Morgan fingerprint density at radius 1 is 1.29 bits per heavy atom. The van der Waals surface area contributed by atoms with Gasteiger partial charge in [0.05, 0.1) is 5.52 Å². The maximum atomic E-state index is 11.6. The van der Waals surface area contributed by atoms with Crippen LogP contribution in [0.5, 0.6) is 5.75 Å². The molecular formula is C16H19N3O2. The smallest absolute Gasteiger partial charge is 0.254 e. The maximum absolute atomic E-state index is 11.6. The lowest BCUT2D eigenvalue weighted by Crippen LogP contribution is -2.34. The van der Waals surface area contributed by atoms with Gasteiger partial charge < -0.3 is 16.2 Å². The van der Waals surface area contributed by atoms with Gasteiger partial charge in [0.2, 0.25) is 0 Å². The third-order valence-electron chi connectivity index (χ3n) is 3.94. The van der Waals surface area contributed by atoms with Crippen LogP contribution in [0.4, 0.5) is 0 Å². The Balaban J connectivity index is 2.01. The summed E-state index contributed by atoms with van der Waals surface area (Å²) >= 11 is 0. The highest BCUT2D eigenvalue weighted by molar-refractivity contribution is 6.01. The summed E-state index contributed by atoms with van der Waals surface area (Å²) in [4.78, 5) is 15.9. The second-order valence-corrected chi connectivity index (χ2v) is 5.55. The lowest BCUT2D eigenvalue weighted by molar-refractivity contribution is 0.0987. The van der Waals surface area contributed by atoms with Gasteiger partial charge in [0, 0.05) is 17.6 Å². The molecule has 1 aromatic heterocycles. The number of hydrogen-bond acceptors (Lipinski definition) is 4. The molecule has 1 aliphatic carbocycles. The molecule has 2 unspecified atom stereocenters. The molecule has 1 amide bonds. The molecule has 1 heterocycles. The Kier molecular flexibility index (Phi) is 3.75. The van der Waals surface area contributed by atoms with Crippen molar-refractivity contribution in [3.8, 4) is 5.75 Å². The molecule has 0 aliphatic heterocycles. The van der Waals surface area contributed by atoms with E-state index in [-0.39, 0.29) is 12.1 Å². The van der Waals surface area contributed by atoms with Crippen molar-refractivity contribution < 1.29 is 9.53 Å². The summed E-state index contributed by atoms with van der Waals surface area (Å²) in [5.74, 6) is 0.00978. The summed E-state index contributed by atoms with van der Waals surface area (Å²) in [6.07, 6.45) is 5.33. The number of hydrogen-bond donors (Lipinski definition) is 2. The number of nitrogens with two attached hydrogens (primary N) is 2. The Morgan fingerprint density at radius 3 is 2.86 bits per heavy atom. The minimum Gasteiger partial charge on any atom is -0.489 e. The molecule has 0 radical (unpaired) electrons. The van der Waals surface area contributed by atoms with Gasteiger partial charge >= 0.3 is 0 Å². The van der Waals surface area contributed by atoms with Crippen molar-refractivity contribution in [2.75, 3.05) is 0 Å². The molecule has 2 atom stereocenters. The number of rotatable bonds is 3. The average Bonchev–Trinajstić information content (AvgIpc) is 2.47. The molecule has 4 N–H and O–H groups in total. The van der Waals surface area contributed by atoms with Crippen LogP contribution >= 0.6 is 0 Å². The van der Waals surface area contributed by atoms with Gasteiger partial charge in [-0.05, 0) is 37.8 Å². The average molecular weight is 285 g/mol. The van der Waals surface area contributed by atoms with E-state index in [1.807, 2.05) is 24.3 Å². The van der Waals surface area contributed by atoms with Gasteiger partial charge in [0.25, 0.3) is 5.91 Å². The van der Waals surface area contributed by atoms with Crippen molar-refractivity contribution in [3.05, 3.63) is 36.0 Å². The quantitative estimate of drug-likeness (QED) is 0.902. The molecule has 110 valence electrons. The standard InChI is InChI=1S/C16H19N3O2/c17-10-4-3-5-11(8-10)21-15-12-6-1-2-7-14(12)19-9-13(15)16(18)20/h1-2,6-7,9-11H,3-5,8,17H2,(H2,18,20). The van der Waals surface area contributed by atoms with Crippen LogP contribution in [0.15, 0.2) is 30.5 Å². The molecule has 1 aliphatic rings. The van der Waals surface area contributed by atoms with Crippen LogP contribution in [-0.4, -0.2) is 23.0 Å². The second kappa shape index (κ2) is 5.69. The van der Waals surface area contributed by atoms with Gasteiger partial charge in [0.1, 0.15) is 17.4 Å². The maximum Gasteiger partial charge on any atom is 0.254 e. The first-order valence-corrected chi connectivity index (χ1v) is 7.25. The van der Waals surface area contributed by atoms with Gasteiger partial charge in [-0.15, -0.1) is 0 Å². The second-order valence-electron chi connectivity index (χ2n) is 5.55. The third-order valence-corrected chi connectivity index (χ3v) is 3.94. The lowest BCUT2D eigenvalue weighted by atomic mass is 9.93. The van der Waals surface area contributed by atoms with Crippen LogP contribution in [-0.2, 0) is 0 Å². The highest BCUT2D eigenvalue weighted by atomic mass is 16.5. The van der Waals surface area contributed by atoms with E-state index in [1.165, 1.54) is 6.20 Å². The largest absolute Gasteiger partial charge is 0.489 e. The molecule has 1 fully saturated rings. The topological polar surface area (TPSA) is 91.2 Å². The fourth-order valence-corrected chi connectivity index (χ4v) is 2.87. The first kappa shape index (κ1) is 13.8. The fourth-order valence-electron chi connectivity index (χ4n) is 2.87. The zero-order valence-electron chi connectivity index (χ0n) is 11.8. The van der Waals surface area contributed by atoms with Crippen molar-refractivity contribution in [2.24, 2.45) is 11.5 Å². The zero-order valence-corrected chi connectivity index (χ0v) is 11.8. The number of benzene rings is 1. The van der Waals surface area contributed by atoms with Gasteiger partial charge in [-0.1, -0.05) is 12.1 Å². The van der Waals surface area contributed by atoms with Crippen LogP contribution in [0.1, 0.15) is 36.0 Å². The Bertz CT molecular complexity index is 672. The highest BCUT2D eigenvalue weighted by Gasteiger charge is 2.23. The third kappa shape index (κ3) is 2.83. The van der Waals surface area contributed by atoms with Crippen LogP contribution in [0.25, 0.3) is 10.9 Å². The molecule has 2 aromatic rings. The molecule has 0 spiro atoms. The molecule has 1 aromatic carbocycles. The van der Waals surface area contributed by atoms with Crippen LogP contribution in [0.2, 0.25) is 0 Å². The van der Waals surface area contributed by atoms with Gasteiger partial charge in [0.15, 0.2) is 0 Å². The fraction of sp³-hybridized carbons (Fsp3) is 0.375. The minimum atomic E-state index is -0.525. The molecule has 5 nitrogen and oxygen atoms in total. The highest BCUT2D eigenvalue weighted by Crippen LogP contribution is 2.31. The number of fused-ring (bicyclic) bond motifs is 1. The number of carbonyl (C=O) groups excluding carboxylic acids is 1. The Morgan fingerprint density at radius 2 is 2.10 bits per heavy atom. The zero-order chi connectivity index (χ0) is 14.8. The summed E-state index contributed by atoms with van der Waals surface area (Å²) in [5, 5.41) is 0.813. The van der Waals surface area contributed by atoms with Crippen molar-refractivity contribution in [1.29, 1.82) is 0 Å². The first-order chi connectivity index (χ1) is 10.1. The predicted molar refractivity (Wildman–Crippen MR) is 81.1 cm³/mol. The molecule has 0 saturated heterocycles. The van der Waals surface area contributed by atoms with Crippen molar-refractivity contribution in [3.63, 3.8) is 0 Å². The Hall–Kier alpha value is -2.14. The van der Waals surface area contributed by atoms with E-state index in [4.69, 9.17) is 16.2 Å². The van der Waals surface area contributed by atoms with E-state index in [2.05, 4.69) is 4.98 Å². The molecular weight excluding hydrogens is 266 g/mol. The van der Waals surface area contributed by atoms with Gasteiger partial charge in [-0.3, -0.25) is 9.78 Å². The number of amides is 1. The van der Waals surface area contributed by atoms with Gasteiger partial charge in [-0.25, -0.2) is 0 Å². The summed E-state index contributed by atoms with van der Waals surface area (Å²) in [5.41, 5.74) is 12.6. The number of aromatic nitrogens is 1. The van der Waals surface area contributed by atoms with Crippen LogP contribution in [0.3, 0.4) is 0 Å². The minimum absolute atomic E-state index is 0.0256. The number of primary amides is 1. The van der Waals surface area contributed by atoms with E-state index in [0.29, 0.717) is 11.3 Å². The van der Waals surface area contributed by atoms with E-state index in [1.54, 1.807) is 0 Å². The van der Waals surface area contributed by atoms with Crippen LogP contribution < -0.4 is 16.2 Å². The number of carbonyl (C=O) groups is 1. The molecule has 1 saturated carbocycles. The van der Waals surface area contributed by atoms with Crippen molar-refractivity contribution >= 4 is 16.8 Å². The predicted octanol–water partition coefficient (Wildman–Crippen LogP) is 1.98. The van der Waals surface area contributed by atoms with E-state index in [0.717, 1.165) is 36.6 Å². The van der Waals surface area contributed by atoms with Gasteiger partial charge in [-0.2, -0.15) is 0 Å². The van der Waals surface area contributed by atoms with E-state index < -0.39 is 5.91 Å². The van der Waals surface area contributed by atoms with E-state index >= 15 is 0 Å². The normalized spacial score (nSPS) is 22.1. The number of nitrogens with zero attached hydrogens (tertiary/aromatic N) is 1.